The van der Waals surface area contributed by atoms with Gasteiger partial charge in [0.25, 0.3) is 0 Å². The zero-order chi connectivity index (χ0) is 17.4. The molecule has 0 N–H and O–H groups in total. The third-order valence-electron chi connectivity index (χ3n) is 5.69. The summed E-state index contributed by atoms with van der Waals surface area (Å²) >= 11 is 0. The molecule has 134 valence electrons. The first-order valence-electron chi connectivity index (χ1n) is 10.1. The Morgan fingerprint density at radius 1 is 1.00 bits per heavy atom. The molecule has 0 saturated heterocycles. The van der Waals surface area contributed by atoms with Gasteiger partial charge in [0.1, 0.15) is 5.82 Å². The van der Waals surface area contributed by atoms with Crippen LogP contribution in [0.25, 0.3) is 6.08 Å². The molecule has 0 heterocycles. The van der Waals surface area contributed by atoms with E-state index in [-0.39, 0.29) is 5.82 Å². The Labute approximate surface area is 148 Å². The van der Waals surface area contributed by atoms with E-state index >= 15 is 0 Å². The van der Waals surface area contributed by atoms with Crippen LogP contribution in [0.1, 0.15) is 88.3 Å². The zero-order valence-corrected chi connectivity index (χ0v) is 15.9. The average Bonchev–Trinajstić information content (AvgIpc) is 2.58. The minimum absolute atomic E-state index is 0.0605. The van der Waals surface area contributed by atoms with E-state index in [0.717, 1.165) is 36.7 Å². The topological polar surface area (TPSA) is 0 Å². The molecule has 1 aromatic rings. The Balaban J connectivity index is 1.88. The molecule has 0 nitrogen and oxygen atoms in total. The molecule has 1 saturated carbocycles. The number of hydrogen-bond donors (Lipinski definition) is 0. The Kier molecular flexibility index (Phi) is 8.02. The average molecular weight is 331 g/mol. The first-order valence-corrected chi connectivity index (χ1v) is 10.1. The lowest BCUT2D eigenvalue weighted by atomic mass is 9.78. The first kappa shape index (κ1) is 19.2. The highest BCUT2D eigenvalue weighted by Gasteiger charge is 2.20. The van der Waals surface area contributed by atoms with Gasteiger partial charge in [0.05, 0.1) is 0 Å². The second-order valence-electron chi connectivity index (χ2n) is 7.71. The van der Waals surface area contributed by atoms with Gasteiger partial charge in [-0.25, -0.2) is 4.39 Å². The van der Waals surface area contributed by atoms with E-state index in [1.165, 1.54) is 56.1 Å². The minimum atomic E-state index is -0.0605. The summed E-state index contributed by atoms with van der Waals surface area (Å²) in [5, 5.41) is 0. The van der Waals surface area contributed by atoms with Crippen molar-refractivity contribution in [3.63, 3.8) is 0 Å². The number of hydrogen-bond acceptors (Lipinski definition) is 0. The maximum atomic E-state index is 14.3. The fraction of sp³-hybridized carbons (Fsp3) is 0.652. The number of unbranched alkanes of at least 4 members (excludes halogenated alkanes) is 1. The van der Waals surface area contributed by atoms with E-state index in [9.17, 15) is 4.39 Å². The molecule has 2 rings (SSSR count). The molecular weight excluding hydrogens is 295 g/mol. The fourth-order valence-corrected chi connectivity index (χ4v) is 4.10. The van der Waals surface area contributed by atoms with Gasteiger partial charge >= 0.3 is 0 Å². The molecule has 0 atom stereocenters. The molecule has 0 bridgehead atoms. The van der Waals surface area contributed by atoms with E-state index in [4.69, 9.17) is 0 Å². The normalized spacial score (nSPS) is 21.5. The zero-order valence-electron chi connectivity index (χ0n) is 15.9. The Hall–Kier alpha value is -1.11. The van der Waals surface area contributed by atoms with Gasteiger partial charge in [-0.1, -0.05) is 70.9 Å². The van der Waals surface area contributed by atoms with Crippen LogP contribution in [0.2, 0.25) is 0 Å². The van der Waals surface area contributed by atoms with Crippen LogP contribution in [0.5, 0.6) is 0 Å². The summed E-state index contributed by atoms with van der Waals surface area (Å²) in [5.41, 5.74) is 3.19. The fourth-order valence-electron chi connectivity index (χ4n) is 4.10. The van der Waals surface area contributed by atoms with Crippen molar-refractivity contribution in [3.8, 4) is 0 Å². The first-order chi connectivity index (χ1) is 11.6. The molecule has 0 unspecified atom stereocenters. The van der Waals surface area contributed by atoms with E-state index in [1.807, 2.05) is 12.1 Å². The van der Waals surface area contributed by atoms with Gasteiger partial charge < -0.3 is 0 Å². The highest BCUT2D eigenvalue weighted by atomic mass is 19.1. The van der Waals surface area contributed by atoms with E-state index < -0.39 is 0 Å². The largest absolute Gasteiger partial charge is 0.206 e. The van der Waals surface area contributed by atoms with Crippen LogP contribution in [0.3, 0.4) is 0 Å². The van der Waals surface area contributed by atoms with E-state index in [1.54, 1.807) is 6.07 Å². The second-order valence-corrected chi connectivity index (χ2v) is 7.71. The lowest BCUT2D eigenvalue weighted by Crippen LogP contribution is -2.15. The maximum absolute atomic E-state index is 14.3. The SMILES string of the molecule is CCC/C=C/c1cc(C)c(CCC2CCC(CCC)CC2)cc1F. The summed E-state index contributed by atoms with van der Waals surface area (Å²) < 4.78 is 14.3. The maximum Gasteiger partial charge on any atom is 0.130 e. The smallest absolute Gasteiger partial charge is 0.130 e. The van der Waals surface area contributed by atoms with Crippen LogP contribution in [0.4, 0.5) is 4.39 Å². The number of benzene rings is 1. The Bertz CT molecular complexity index is 521. The molecular formula is C23H35F. The third-order valence-corrected chi connectivity index (χ3v) is 5.69. The van der Waals surface area contributed by atoms with Crippen molar-refractivity contribution >= 4 is 6.08 Å². The summed E-state index contributed by atoms with van der Waals surface area (Å²) in [6.07, 6.45) is 16.7. The third kappa shape index (κ3) is 5.76. The second kappa shape index (κ2) is 10.0. The van der Waals surface area contributed by atoms with Gasteiger partial charge in [-0.05, 0) is 61.3 Å². The molecule has 1 aliphatic carbocycles. The summed E-state index contributed by atoms with van der Waals surface area (Å²) in [4.78, 5) is 0. The van der Waals surface area contributed by atoms with Crippen molar-refractivity contribution in [2.24, 2.45) is 11.8 Å². The Morgan fingerprint density at radius 3 is 2.29 bits per heavy atom. The van der Waals surface area contributed by atoms with Crippen LogP contribution in [0, 0.1) is 24.6 Å². The van der Waals surface area contributed by atoms with Crippen LogP contribution in [-0.2, 0) is 6.42 Å². The predicted molar refractivity (Wildman–Crippen MR) is 104 cm³/mol. The summed E-state index contributed by atoms with van der Waals surface area (Å²) in [6, 6.07) is 3.80. The minimum Gasteiger partial charge on any atom is -0.206 e. The van der Waals surface area contributed by atoms with E-state index in [0.29, 0.717) is 0 Å². The quantitative estimate of drug-likeness (QED) is 0.463. The van der Waals surface area contributed by atoms with Crippen LogP contribution in [-0.4, -0.2) is 0 Å². The van der Waals surface area contributed by atoms with Gasteiger partial charge in [0.15, 0.2) is 0 Å². The van der Waals surface area contributed by atoms with Gasteiger partial charge in [0, 0.05) is 5.56 Å². The van der Waals surface area contributed by atoms with Gasteiger partial charge in [-0.2, -0.15) is 0 Å². The van der Waals surface area contributed by atoms with Crippen LogP contribution >= 0.6 is 0 Å². The number of allylic oxidation sites excluding steroid dienone is 1. The summed E-state index contributed by atoms with van der Waals surface area (Å²) in [6.45, 7) is 6.57. The van der Waals surface area contributed by atoms with Gasteiger partial charge in [-0.15, -0.1) is 0 Å². The van der Waals surface area contributed by atoms with Crippen molar-refractivity contribution in [1.29, 1.82) is 0 Å². The van der Waals surface area contributed by atoms with Gasteiger partial charge in [0.2, 0.25) is 0 Å². The van der Waals surface area contributed by atoms with Crippen molar-refractivity contribution in [2.45, 2.75) is 85.0 Å². The van der Waals surface area contributed by atoms with Crippen molar-refractivity contribution in [1.82, 2.24) is 0 Å². The summed E-state index contributed by atoms with van der Waals surface area (Å²) in [5.74, 6) is 1.76. The predicted octanol–water partition coefficient (Wildman–Crippen LogP) is 7.49. The Morgan fingerprint density at radius 2 is 1.67 bits per heavy atom. The summed E-state index contributed by atoms with van der Waals surface area (Å²) in [7, 11) is 0. The standard InChI is InChI=1S/C23H35F/c1-4-6-7-9-22-16-18(3)21(17-23(22)24)15-14-20-12-10-19(8-5-2)11-13-20/h7,9,16-17,19-20H,4-6,8,10-15H2,1-3H3/b9-7+. The van der Waals surface area contributed by atoms with E-state index in [2.05, 4.69) is 26.8 Å². The number of halogens is 1. The van der Waals surface area contributed by atoms with Crippen LogP contribution in [0.15, 0.2) is 18.2 Å². The van der Waals surface area contributed by atoms with Gasteiger partial charge in [-0.3, -0.25) is 0 Å². The monoisotopic (exact) mass is 330 g/mol. The molecule has 0 spiro atoms. The molecule has 0 amide bonds. The molecule has 0 aliphatic heterocycles. The van der Waals surface area contributed by atoms with Crippen LogP contribution < -0.4 is 0 Å². The lowest BCUT2D eigenvalue weighted by Gasteiger charge is -2.28. The molecule has 0 radical (unpaired) electrons. The number of rotatable bonds is 8. The van der Waals surface area contributed by atoms with Crippen molar-refractivity contribution < 1.29 is 4.39 Å². The van der Waals surface area contributed by atoms with Crippen molar-refractivity contribution in [2.75, 3.05) is 0 Å². The van der Waals surface area contributed by atoms with Crippen molar-refractivity contribution in [3.05, 3.63) is 40.7 Å². The molecule has 24 heavy (non-hydrogen) atoms. The highest BCUT2D eigenvalue weighted by molar-refractivity contribution is 5.52. The lowest BCUT2D eigenvalue weighted by molar-refractivity contribution is 0.252. The molecule has 1 aliphatic rings. The molecule has 1 heteroatoms. The highest BCUT2D eigenvalue weighted by Crippen LogP contribution is 2.34. The molecule has 0 aromatic heterocycles. The molecule has 1 fully saturated rings. The number of aryl methyl sites for hydroxylation is 2. The molecule has 1 aromatic carbocycles.